The molecule has 3 nitrogen and oxygen atoms in total. The van der Waals surface area contributed by atoms with Gasteiger partial charge in [-0.15, -0.1) is 0 Å². The van der Waals surface area contributed by atoms with Crippen LogP contribution in [0.1, 0.15) is 30.1 Å². The second kappa shape index (κ2) is 6.46. The van der Waals surface area contributed by atoms with E-state index in [9.17, 15) is 5.11 Å². The lowest BCUT2D eigenvalue weighted by Gasteiger charge is -2.11. The summed E-state index contributed by atoms with van der Waals surface area (Å²) in [5.74, 6) is 0. The van der Waals surface area contributed by atoms with Crippen molar-refractivity contribution in [2.75, 3.05) is 0 Å². The number of aryl methyl sites for hydroxylation is 1. The average molecular weight is 278 g/mol. The van der Waals surface area contributed by atoms with Crippen LogP contribution < -0.4 is 0 Å². The lowest BCUT2D eigenvalue weighted by molar-refractivity contribution is 0.165. The maximum atomic E-state index is 10.3. The van der Waals surface area contributed by atoms with Crippen LogP contribution in [0.5, 0.6) is 0 Å². The van der Waals surface area contributed by atoms with Crippen molar-refractivity contribution in [3.8, 4) is 0 Å². The van der Waals surface area contributed by atoms with Gasteiger partial charge in [-0.2, -0.15) is 0 Å². The SMILES string of the molecule is OC(CCCc1ccccc1)c1ccc2nccnc2c1. The third-order valence-electron chi connectivity index (χ3n) is 3.66. The first-order chi connectivity index (χ1) is 10.3. The zero-order valence-electron chi connectivity index (χ0n) is 11.8. The topological polar surface area (TPSA) is 46.0 Å². The summed E-state index contributed by atoms with van der Waals surface area (Å²) < 4.78 is 0. The van der Waals surface area contributed by atoms with Gasteiger partial charge in [0, 0.05) is 12.4 Å². The maximum absolute atomic E-state index is 10.3. The second-order valence-electron chi connectivity index (χ2n) is 5.20. The Morgan fingerprint density at radius 3 is 2.48 bits per heavy atom. The van der Waals surface area contributed by atoms with Crippen molar-refractivity contribution in [3.63, 3.8) is 0 Å². The van der Waals surface area contributed by atoms with Crippen LogP contribution in [0.2, 0.25) is 0 Å². The highest BCUT2D eigenvalue weighted by atomic mass is 16.3. The number of aliphatic hydroxyl groups excluding tert-OH is 1. The summed E-state index contributed by atoms with van der Waals surface area (Å²) in [6.45, 7) is 0. The van der Waals surface area contributed by atoms with Crippen molar-refractivity contribution in [2.45, 2.75) is 25.4 Å². The van der Waals surface area contributed by atoms with Gasteiger partial charge in [-0.1, -0.05) is 36.4 Å². The predicted molar refractivity (Wildman–Crippen MR) is 83.9 cm³/mol. The van der Waals surface area contributed by atoms with Crippen molar-refractivity contribution < 1.29 is 5.11 Å². The molecular weight excluding hydrogens is 260 g/mol. The van der Waals surface area contributed by atoms with E-state index < -0.39 is 6.10 Å². The molecule has 0 fully saturated rings. The molecule has 0 saturated heterocycles. The van der Waals surface area contributed by atoms with Gasteiger partial charge in [-0.05, 0) is 42.5 Å². The molecule has 3 heteroatoms. The highest BCUT2D eigenvalue weighted by Gasteiger charge is 2.08. The van der Waals surface area contributed by atoms with Crippen molar-refractivity contribution >= 4 is 11.0 Å². The molecule has 0 amide bonds. The van der Waals surface area contributed by atoms with E-state index >= 15 is 0 Å². The van der Waals surface area contributed by atoms with Crippen molar-refractivity contribution in [2.24, 2.45) is 0 Å². The monoisotopic (exact) mass is 278 g/mol. The van der Waals surface area contributed by atoms with Crippen LogP contribution in [0.4, 0.5) is 0 Å². The predicted octanol–water partition coefficient (Wildman–Crippen LogP) is 3.69. The quantitative estimate of drug-likeness (QED) is 0.774. The zero-order chi connectivity index (χ0) is 14.5. The molecule has 1 aromatic heterocycles. The highest BCUT2D eigenvalue weighted by molar-refractivity contribution is 5.74. The van der Waals surface area contributed by atoms with E-state index in [1.807, 2.05) is 36.4 Å². The van der Waals surface area contributed by atoms with E-state index in [0.29, 0.717) is 0 Å². The minimum Gasteiger partial charge on any atom is -0.388 e. The second-order valence-corrected chi connectivity index (χ2v) is 5.20. The molecule has 0 bridgehead atoms. The number of rotatable bonds is 5. The summed E-state index contributed by atoms with van der Waals surface area (Å²) in [5.41, 5.74) is 3.92. The lowest BCUT2D eigenvalue weighted by atomic mass is 10.0. The normalized spacial score (nSPS) is 12.4. The van der Waals surface area contributed by atoms with Crippen molar-refractivity contribution in [1.29, 1.82) is 0 Å². The number of aromatic nitrogens is 2. The van der Waals surface area contributed by atoms with Gasteiger partial charge in [-0.3, -0.25) is 9.97 Å². The van der Waals surface area contributed by atoms with Gasteiger partial charge in [-0.25, -0.2) is 0 Å². The Kier molecular flexibility index (Phi) is 4.22. The van der Waals surface area contributed by atoms with Crippen LogP contribution >= 0.6 is 0 Å². The first-order valence-corrected chi connectivity index (χ1v) is 7.25. The van der Waals surface area contributed by atoms with Crippen LogP contribution in [0, 0.1) is 0 Å². The van der Waals surface area contributed by atoms with Crippen LogP contribution in [-0.4, -0.2) is 15.1 Å². The number of nitrogens with zero attached hydrogens (tertiary/aromatic N) is 2. The molecule has 0 aliphatic carbocycles. The van der Waals surface area contributed by atoms with E-state index in [1.165, 1.54) is 5.56 Å². The van der Waals surface area contributed by atoms with E-state index in [0.717, 1.165) is 35.9 Å². The van der Waals surface area contributed by atoms with Crippen LogP contribution in [0.3, 0.4) is 0 Å². The number of aliphatic hydroxyl groups is 1. The molecular formula is C18H18N2O. The fourth-order valence-electron chi connectivity index (χ4n) is 2.50. The Labute approximate surface area is 124 Å². The van der Waals surface area contributed by atoms with Crippen LogP contribution in [-0.2, 0) is 6.42 Å². The molecule has 2 aromatic carbocycles. The fraction of sp³-hybridized carbons (Fsp3) is 0.222. The molecule has 1 unspecified atom stereocenters. The third kappa shape index (κ3) is 3.44. The molecule has 0 radical (unpaired) electrons. The summed E-state index contributed by atoms with van der Waals surface area (Å²) in [4.78, 5) is 8.52. The Bertz CT molecular complexity index is 712. The number of hydrogen-bond acceptors (Lipinski definition) is 3. The number of hydrogen-bond donors (Lipinski definition) is 1. The van der Waals surface area contributed by atoms with Gasteiger partial charge in [0.1, 0.15) is 0 Å². The van der Waals surface area contributed by atoms with E-state index in [1.54, 1.807) is 12.4 Å². The van der Waals surface area contributed by atoms with Gasteiger partial charge in [0.05, 0.1) is 17.1 Å². The largest absolute Gasteiger partial charge is 0.388 e. The molecule has 0 aliphatic rings. The third-order valence-corrected chi connectivity index (χ3v) is 3.66. The molecule has 1 atom stereocenters. The van der Waals surface area contributed by atoms with Crippen molar-refractivity contribution in [1.82, 2.24) is 9.97 Å². The summed E-state index contributed by atoms with van der Waals surface area (Å²) in [5, 5.41) is 10.3. The van der Waals surface area contributed by atoms with E-state index in [2.05, 4.69) is 22.1 Å². The molecule has 3 rings (SSSR count). The van der Waals surface area contributed by atoms with Crippen molar-refractivity contribution in [3.05, 3.63) is 72.1 Å². The van der Waals surface area contributed by atoms with Gasteiger partial charge >= 0.3 is 0 Å². The fourth-order valence-corrected chi connectivity index (χ4v) is 2.50. The molecule has 0 aliphatic heterocycles. The highest BCUT2D eigenvalue weighted by Crippen LogP contribution is 2.22. The first kappa shape index (κ1) is 13.7. The number of fused-ring (bicyclic) bond motifs is 1. The lowest BCUT2D eigenvalue weighted by Crippen LogP contribution is -1.99. The smallest absolute Gasteiger partial charge is 0.0890 e. The van der Waals surface area contributed by atoms with E-state index in [-0.39, 0.29) is 0 Å². The Hall–Kier alpha value is -2.26. The van der Waals surface area contributed by atoms with Gasteiger partial charge in [0.25, 0.3) is 0 Å². The molecule has 1 heterocycles. The maximum Gasteiger partial charge on any atom is 0.0890 e. The molecule has 3 aromatic rings. The summed E-state index contributed by atoms with van der Waals surface area (Å²) in [6.07, 6.45) is 5.61. The van der Waals surface area contributed by atoms with Gasteiger partial charge in [0.2, 0.25) is 0 Å². The Morgan fingerprint density at radius 1 is 0.905 bits per heavy atom. The minimum atomic E-state index is -0.444. The average Bonchev–Trinajstić information content (AvgIpc) is 2.55. The molecule has 106 valence electrons. The molecule has 1 N–H and O–H groups in total. The van der Waals surface area contributed by atoms with Gasteiger partial charge in [0.15, 0.2) is 0 Å². The molecule has 0 saturated carbocycles. The standard InChI is InChI=1S/C18H18N2O/c21-18(8-4-7-14-5-2-1-3-6-14)15-9-10-16-17(13-15)20-12-11-19-16/h1-3,5-6,9-13,18,21H,4,7-8H2. The molecule has 21 heavy (non-hydrogen) atoms. The summed E-state index contributed by atoms with van der Waals surface area (Å²) in [6, 6.07) is 16.1. The summed E-state index contributed by atoms with van der Waals surface area (Å²) in [7, 11) is 0. The Balaban J connectivity index is 1.62. The Morgan fingerprint density at radius 2 is 1.67 bits per heavy atom. The summed E-state index contributed by atoms with van der Waals surface area (Å²) >= 11 is 0. The minimum absolute atomic E-state index is 0.444. The zero-order valence-corrected chi connectivity index (χ0v) is 11.8. The van der Waals surface area contributed by atoms with Gasteiger partial charge < -0.3 is 5.11 Å². The van der Waals surface area contributed by atoms with E-state index in [4.69, 9.17) is 0 Å². The number of benzene rings is 2. The first-order valence-electron chi connectivity index (χ1n) is 7.25. The molecule has 0 spiro atoms. The van der Waals surface area contributed by atoms with Crippen LogP contribution in [0.15, 0.2) is 60.9 Å². The van der Waals surface area contributed by atoms with Crippen LogP contribution in [0.25, 0.3) is 11.0 Å².